The summed E-state index contributed by atoms with van der Waals surface area (Å²) in [7, 11) is 1.71. The largest absolute Gasteiger partial charge is 0.479 e. The normalized spacial score (nSPS) is 17.6. The number of carboxylic acid groups (broad SMARTS) is 1. The number of hydrogen-bond acceptors (Lipinski definition) is 4. The monoisotopic (exact) mass is 297 g/mol. The molecule has 0 aromatic carbocycles. The van der Waals surface area contributed by atoms with Crippen LogP contribution in [0.2, 0.25) is 0 Å². The van der Waals surface area contributed by atoms with Gasteiger partial charge in [0.1, 0.15) is 0 Å². The topological polar surface area (TPSA) is 84.2 Å². The van der Waals surface area contributed by atoms with Crippen LogP contribution in [-0.4, -0.2) is 38.3 Å². The van der Waals surface area contributed by atoms with E-state index in [1.165, 1.54) is 10.9 Å². The minimum absolute atomic E-state index is 0.196. The number of aliphatic carboxylic acids is 1. The molecule has 2 rings (SSSR count). The third-order valence-corrected chi connectivity index (χ3v) is 4.47. The quantitative estimate of drug-likeness (QED) is 0.853. The highest BCUT2D eigenvalue weighted by molar-refractivity contribution is 7.99. The molecule has 1 amide bonds. The van der Waals surface area contributed by atoms with Crippen LogP contribution < -0.4 is 5.32 Å². The van der Waals surface area contributed by atoms with Crippen molar-refractivity contribution >= 4 is 23.6 Å². The molecule has 1 aliphatic heterocycles. The Hall–Kier alpha value is -1.50. The van der Waals surface area contributed by atoms with Crippen LogP contribution in [0.5, 0.6) is 0 Å². The minimum Gasteiger partial charge on any atom is -0.479 e. The summed E-state index contributed by atoms with van der Waals surface area (Å²) >= 11 is 1.91. The molecule has 0 radical (unpaired) electrons. The third kappa shape index (κ3) is 4.00. The maximum atomic E-state index is 12.0. The van der Waals surface area contributed by atoms with Gasteiger partial charge in [0.05, 0.1) is 6.20 Å². The summed E-state index contributed by atoms with van der Waals surface area (Å²) < 4.78 is 1.52. The van der Waals surface area contributed by atoms with E-state index in [-0.39, 0.29) is 5.91 Å². The fourth-order valence-corrected chi connectivity index (χ4v) is 3.51. The molecule has 1 aromatic heterocycles. The summed E-state index contributed by atoms with van der Waals surface area (Å²) in [4.78, 5) is 23.3. The Bertz CT molecular complexity index is 483. The number of rotatable bonds is 5. The van der Waals surface area contributed by atoms with Crippen molar-refractivity contribution in [1.82, 2.24) is 15.1 Å². The van der Waals surface area contributed by atoms with E-state index in [4.69, 9.17) is 0 Å². The molecule has 2 N–H and O–H groups in total. The molecule has 1 fully saturated rings. The third-order valence-electron chi connectivity index (χ3n) is 3.43. The number of carbonyl (C=O) groups excluding carboxylic acids is 1. The van der Waals surface area contributed by atoms with Crippen LogP contribution in [0.3, 0.4) is 0 Å². The maximum Gasteiger partial charge on any atom is 0.331 e. The predicted molar refractivity (Wildman–Crippen MR) is 76.4 cm³/mol. The van der Waals surface area contributed by atoms with Gasteiger partial charge in [-0.05, 0) is 30.3 Å². The van der Waals surface area contributed by atoms with Crippen molar-refractivity contribution < 1.29 is 14.7 Å². The highest BCUT2D eigenvalue weighted by Crippen LogP contribution is 2.25. The first-order valence-electron chi connectivity index (χ1n) is 6.64. The molecule has 2 heterocycles. The zero-order valence-electron chi connectivity index (χ0n) is 11.4. The first kappa shape index (κ1) is 14.9. The van der Waals surface area contributed by atoms with Crippen LogP contribution in [-0.2, 0) is 16.6 Å². The van der Waals surface area contributed by atoms with Gasteiger partial charge in [-0.3, -0.25) is 9.48 Å². The molecule has 0 saturated carbocycles. The molecule has 0 spiro atoms. The molecule has 1 aromatic rings. The molecule has 110 valence electrons. The molecule has 1 unspecified atom stereocenters. The predicted octanol–water partition coefficient (Wildman–Crippen LogP) is 1.20. The SMILES string of the molecule is Cn1cc(C(NC(=O)CC2CCSCC2)C(=O)O)cn1. The van der Waals surface area contributed by atoms with Gasteiger partial charge < -0.3 is 10.4 Å². The molecule has 20 heavy (non-hydrogen) atoms. The average molecular weight is 297 g/mol. The molecule has 1 saturated heterocycles. The Morgan fingerprint density at radius 2 is 2.25 bits per heavy atom. The van der Waals surface area contributed by atoms with Crippen molar-refractivity contribution in [2.45, 2.75) is 25.3 Å². The first-order valence-corrected chi connectivity index (χ1v) is 7.80. The molecular weight excluding hydrogens is 278 g/mol. The maximum absolute atomic E-state index is 12.0. The second-order valence-electron chi connectivity index (χ2n) is 5.05. The number of thioether (sulfide) groups is 1. The Balaban J connectivity index is 1.94. The number of aromatic nitrogens is 2. The van der Waals surface area contributed by atoms with Crippen molar-refractivity contribution in [3.63, 3.8) is 0 Å². The summed E-state index contributed by atoms with van der Waals surface area (Å²) in [6.45, 7) is 0. The Kier molecular flexibility index (Phi) is 5.05. The Labute approximate surface area is 121 Å². The van der Waals surface area contributed by atoms with E-state index < -0.39 is 12.0 Å². The summed E-state index contributed by atoms with van der Waals surface area (Å²) in [5, 5.41) is 15.8. The van der Waals surface area contributed by atoms with Gasteiger partial charge >= 0.3 is 5.97 Å². The minimum atomic E-state index is -1.06. The Morgan fingerprint density at radius 1 is 1.55 bits per heavy atom. The standard InChI is InChI=1S/C13H19N3O3S/c1-16-8-10(7-14-16)12(13(18)19)15-11(17)6-9-2-4-20-5-3-9/h7-9,12H,2-6H2,1H3,(H,15,17)(H,18,19). The second kappa shape index (κ2) is 6.78. The molecule has 6 nitrogen and oxygen atoms in total. The smallest absolute Gasteiger partial charge is 0.331 e. The van der Waals surface area contributed by atoms with E-state index in [1.54, 1.807) is 13.2 Å². The number of carboxylic acids is 1. The average Bonchev–Trinajstić information content (AvgIpc) is 2.83. The summed E-state index contributed by atoms with van der Waals surface area (Å²) in [6.07, 6.45) is 5.54. The molecule has 0 bridgehead atoms. The number of aryl methyl sites for hydroxylation is 1. The van der Waals surface area contributed by atoms with Crippen LogP contribution in [0.15, 0.2) is 12.4 Å². The molecule has 1 atom stereocenters. The fraction of sp³-hybridized carbons (Fsp3) is 0.615. The number of nitrogens with one attached hydrogen (secondary N) is 1. The van der Waals surface area contributed by atoms with Crippen molar-refractivity contribution in [1.29, 1.82) is 0 Å². The highest BCUT2D eigenvalue weighted by atomic mass is 32.2. The van der Waals surface area contributed by atoms with Crippen LogP contribution in [0.4, 0.5) is 0 Å². The first-order chi connectivity index (χ1) is 9.56. The number of hydrogen-bond donors (Lipinski definition) is 2. The van der Waals surface area contributed by atoms with Crippen LogP contribution in [0.1, 0.15) is 30.9 Å². The lowest BCUT2D eigenvalue weighted by atomic mass is 9.98. The van der Waals surface area contributed by atoms with Crippen molar-refractivity contribution in [2.24, 2.45) is 13.0 Å². The van der Waals surface area contributed by atoms with E-state index >= 15 is 0 Å². The van der Waals surface area contributed by atoms with Gasteiger partial charge in [-0.25, -0.2) is 4.79 Å². The molecule has 1 aliphatic rings. The lowest BCUT2D eigenvalue weighted by Gasteiger charge is -2.21. The molecule has 0 aliphatic carbocycles. The van der Waals surface area contributed by atoms with E-state index in [0.29, 0.717) is 17.9 Å². The fourth-order valence-electron chi connectivity index (χ4n) is 2.31. The van der Waals surface area contributed by atoms with E-state index in [9.17, 15) is 14.7 Å². The van der Waals surface area contributed by atoms with E-state index in [1.807, 2.05) is 11.8 Å². The Morgan fingerprint density at radius 3 is 2.80 bits per heavy atom. The molecule has 7 heteroatoms. The van der Waals surface area contributed by atoms with E-state index in [2.05, 4.69) is 10.4 Å². The highest BCUT2D eigenvalue weighted by Gasteiger charge is 2.25. The van der Waals surface area contributed by atoms with Gasteiger partial charge in [-0.1, -0.05) is 0 Å². The van der Waals surface area contributed by atoms with Gasteiger partial charge in [-0.2, -0.15) is 16.9 Å². The van der Waals surface area contributed by atoms with Crippen LogP contribution >= 0.6 is 11.8 Å². The lowest BCUT2D eigenvalue weighted by Crippen LogP contribution is -2.35. The second-order valence-corrected chi connectivity index (χ2v) is 6.27. The summed E-state index contributed by atoms with van der Waals surface area (Å²) in [5.41, 5.74) is 0.493. The summed E-state index contributed by atoms with van der Waals surface area (Å²) in [5.74, 6) is 1.29. The van der Waals surface area contributed by atoms with Gasteiger partial charge in [0.2, 0.25) is 5.91 Å². The van der Waals surface area contributed by atoms with Crippen molar-refractivity contribution in [2.75, 3.05) is 11.5 Å². The number of nitrogens with zero attached hydrogens (tertiary/aromatic N) is 2. The molecular formula is C13H19N3O3S. The van der Waals surface area contributed by atoms with Gasteiger partial charge in [-0.15, -0.1) is 0 Å². The summed E-state index contributed by atoms with van der Waals surface area (Å²) in [6, 6.07) is -1.02. The van der Waals surface area contributed by atoms with Crippen LogP contribution in [0, 0.1) is 5.92 Å². The van der Waals surface area contributed by atoms with Crippen molar-refractivity contribution in [3.8, 4) is 0 Å². The van der Waals surface area contributed by atoms with Crippen LogP contribution in [0.25, 0.3) is 0 Å². The van der Waals surface area contributed by atoms with Gasteiger partial charge in [0.25, 0.3) is 0 Å². The lowest BCUT2D eigenvalue weighted by molar-refractivity contribution is -0.142. The zero-order chi connectivity index (χ0) is 14.5. The number of carbonyl (C=O) groups is 2. The van der Waals surface area contributed by atoms with E-state index in [0.717, 1.165) is 24.3 Å². The zero-order valence-corrected chi connectivity index (χ0v) is 12.2. The van der Waals surface area contributed by atoms with Gasteiger partial charge in [0.15, 0.2) is 6.04 Å². The van der Waals surface area contributed by atoms with Crippen molar-refractivity contribution in [3.05, 3.63) is 18.0 Å². The number of amides is 1. The van der Waals surface area contributed by atoms with Gasteiger partial charge in [0, 0.05) is 25.2 Å².